The van der Waals surface area contributed by atoms with Gasteiger partial charge >= 0.3 is 0 Å². The minimum atomic E-state index is 0.238. The van der Waals surface area contributed by atoms with Crippen molar-refractivity contribution < 1.29 is 9.53 Å². The number of aromatic nitrogens is 1. The number of pyridine rings is 1. The summed E-state index contributed by atoms with van der Waals surface area (Å²) >= 11 is 0. The minimum absolute atomic E-state index is 0.238. The molecule has 3 aromatic rings. The van der Waals surface area contributed by atoms with Gasteiger partial charge in [-0.25, -0.2) is 0 Å². The highest BCUT2D eigenvalue weighted by molar-refractivity contribution is 5.96. The van der Waals surface area contributed by atoms with E-state index in [1.165, 1.54) is 16.3 Å². The zero-order valence-electron chi connectivity index (χ0n) is 19.7. The van der Waals surface area contributed by atoms with Crippen LogP contribution in [0.15, 0.2) is 60.9 Å². The molecule has 2 aromatic carbocycles. The summed E-state index contributed by atoms with van der Waals surface area (Å²) in [5.41, 5.74) is 3.39. The summed E-state index contributed by atoms with van der Waals surface area (Å²) in [4.78, 5) is 23.0. The zero-order chi connectivity index (χ0) is 22.9. The van der Waals surface area contributed by atoms with E-state index in [2.05, 4.69) is 51.2 Å². The number of fused-ring (bicyclic) bond motifs is 3. The molecule has 1 amide bonds. The summed E-state index contributed by atoms with van der Waals surface area (Å²) in [5, 5.41) is 2.54. The van der Waals surface area contributed by atoms with Crippen molar-refractivity contribution in [3.8, 4) is 0 Å². The van der Waals surface area contributed by atoms with Crippen molar-refractivity contribution in [2.24, 2.45) is 5.92 Å². The Kier molecular flexibility index (Phi) is 6.06. The number of carbonyl (C=O) groups excluding carboxylic acids is 1. The summed E-state index contributed by atoms with van der Waals surface area (Å²) in [6, 6.07) is 17.5. The molecular formula is C29H33N3O2. The number of ether oxygens (including phenoxy) is 1. The molecule has 0 spiro atoms. The number of hydrogen-bond acceptors (Lipinski definition) is 4. The molecule has 5 nitrogen and oxygen atoms in total. The second kappa shape index (κ2) is 9.47. The van der Waals surface area contributed by atoms with Crippen molar-refractivity contribution in [3.05, 3.63) is 77.6 Å². The smallest absolute Gasteiger partial charge is 0.254 e. The van der Waals surface area contributed by atoms with Gasteiger partial charge < -0.3 is 9.64 Å². The van der Waals surface area contributed by atoms with Gasteiger partial charge in [0.05, 0.1) is 13.2 Å². The molecule has 5 heteroatoms. The van der Waals surface area contributed by atoms with Crippen LogP contribution in [0.2, 0.25) is 0 Å². The van der Waals surface area contributed by atoms with Gasteiger partial charge in [0.1, 0.15) is 0 Å². The Balaban J connectivity index is 1.18. The topological polar surface area (TPSA) is 45.7 Å². The predicted molar refractivity (Wildman–Crippen MR) is 134 cm³/mol. The van der Waals surface area contributed by atoms with Crippen molar-refractivity contribution in [2.75, 3.05) is 26.3 Å². The van der Waals surface area contributed by atoms with Crippen LogP contribution in [0.4, 0.5) is 0 Å². The second-order valence-corrected chi connectivity index (χ2v) is 10.2. The number of piperidine rings is 1. The van der Waals surface area contributed by atoms with Crippen molar-refractivity contribution in [1.82, 2.24) is 14.8 Å². The molecule has 176 valence electrons. The number of hydrogen-bond donors (Lipinski definition) is 0. The Hall–Kier alpha value is -2.76. The third-order valence-corrected chi connectivity index (χ3v) is 8.07. The van der Waals surface area contributed by atoms with Gasteiger partial charge in [0.2, 0.25) is 0 Å². The Labute approximate surface area is 201 Å². The van der Waals surface area contributed by atoms with Gasteiger partial charge in [0.25, 0.3) is 5.91 Å². The largest absolute Gasteiger partial charge is 0.379 e. The van der Waals surface area contributed by atoms with Gasteiger partial charge in [-0.2, -0.15) is 0 Å². The Morgan fingerprint density at radius 1 is 0.912 bits per heavy atom. The van der Waals surface area contributed by atoms with Crippen molar-refractivity contribution in [3.63, 3.8) is 0 Å². The fourth-order valence-corrected chi connectivity index (χ4v) is 6.45. The Bertz CT molecular complexity index is 1150. The Morgan fingerprint density at radius 3 is 2.47 bits per heavy atom. The summed E-state index contributed by atoms with van der Waals surface area (Å²) in [6.45, 7) is 4.25. The van der Waals surface area contributed by atoms with E-state index in [4.69, 9.17) is 4.74 Å². The number of rotatable bonds is 5. The molecule has 0 aliphatic carbocycles. The van der Waals surface area contributed by atoms with Crippen molar-refractivity contribution in [1.29, 1.82) is 0 Å². The van der Waals surface area contributed by atoms with Gasteiger partial charge in [0, 0.05) is 55.1 Å². The van der Waals surface area contributed by atoms with E-state index in [0.717, 1.165) is 76.1 Å². The molecule has 0 radical (unpaired) electrons. The first-order chi connectivity index (χ1) is 16.8. The van der Waals surface area contributed by atoms with Crippen LogP contribution in [0.3, 0.4) is 0 Å². The van der Waals surface area contributed by atoms with Gasteiger partial charge in [-0.15, -0.1) is 0 Å². The first kappa shape index (κ1) is 21.8. The van der Waals surface area contributed by atoms with Gasteiger partial charge in [0.15, 0.2) is 0 Å². The Morgan fingerprint density at radius 2 is 1.65 bits per heavy atom. The van der Waals surface area contributed by atoms with Gasteiger partial charge in [-0.05, 0) is 60.6 Å². The van der Waals surface area contributed by atoms with E-state index in [1.807, 2.05) is 24.5 Å². The number of amides is 1. The molecule has 6 rings (SSSR count). The highest BCUT2D eigenvalue weighted by Crippen LogP contribution is 2.41. The second-order valence-electron chi connectivity index (χ2n) is 10.2. The van der Waals surface area contributed by atoms with E-state index in [-0.39, 0.29) is 5.91 Å². The van der Waals surface area contributed by atoms with Crippen LogP contribution in [0, 0.1) is 5.92 Å². The van der Waals surface area contributed by atoms with Crippen LogP contribution in [0.1, 0.15) is 47.2 Å². The normalized spacial score (nSPS) is 25.1. The number of nitrogens with zero attached hydrogens (tertiary/aromatic N) is 3. The molecule has 2 unspecified atom stereocenters. The first-order valence-corrected chi connectivity index (χ1v) is 12.8. The van der Waals surface area contributed by atoms with Gasteiger partial charge in [-0.3, -0.25) is 14.7 Å². The quantitative estimate of drug-likeness (QED) is 0.560. The van der Waals surface area contributed by atoms with Crippen LogP contribution in [0.25, 0.3) is 10.8 Å². The van der Waals surface area contributed by atoms with E-state index < -0.39 is 0 Å². The van der Waals surface area contributed by atoms with Crippen LogP contribution in [-0.4, -0.2) is 59.1 Å². The molecule has 2 bridgehead atoms. The fourth-order valence-electron chi connectivity index (χ4n) is 6.45. The molecule has 3 fully saturated rings. The van der Waals surface area contributed by atoms with E-state index in [9.17, 15) is 4.79 Å². The third-order valence-electron chi connectivity index (χ3n) is 8.07. The lowest BCUT2D eigenvalue weighted by atomic mass is 9.84. The average Bonchev–Trinajstić information content (AvgIpc) is 3.15. The number of benzene rings is 2. The summed E-state index contributed by atoms with van der Waals surface area (Å²) < 4.78 is 5.50. The molecule has 3 aliphatic heterocycles. The molecule has 3 saturated heterocycles. The summed E-state index contributed by atoms with van der Waals surface area (Å²) in [5.74, 6) is 0.847. The maximum absolute atomic E-state index is 13.8. The van der Waals surface area contributed by atoms with Crippen LogP contribution >= 0.6 is 0 Å². The monoisotopic (exact) mass is 455 g/mol. The molecule has 2 atom stereocenters. The van der Waals surface area contributed by atoms with Crippen LogP contribution in [-0.2, 0) is 17.7 Å². The minimum Gasteiger partial charge on any atom is -0.379 e. The van der Waals surface area contributed by atoms with Crippen molar-refractivity contribution in [2.45, 2.75) is 50.7 Å². The number of morpholine rings is 1. The van der Waals surface area contributed by atoms with Gasteiger partial charge in [-0.1, -0.05) is 42.5 Å². The highest BCUT2D eigenvalue weighted by atomic mass is 16.5. The van der Waals surface area contributed by atoms with E-state index in [1.54, 1.807) is 0 Å². The lowest BCUT2D eigenvalue weighted by Crippen LogP contribution is -2.47. The van der Waals surface area contributed by atoms with Crippen LogP contribution < -0.4 is 0 Å². The highest BCUT2D eigenvalue weighted by Gasteiger charge is 2.43. The summed E-state index contributed by atoms with van der Waals surface area (Å²) in [7, 11) is 0. The van der Waals surface area contributed by atoms with Crippen molar-refractivity contribution >= 4 is 16.7 Å². The fraction of sp³-hybridized carbons (Fsp3) is 0.448. The predicted octanol–water partition coefficient (Wildman–Crippen LogP) is 4.69. The molecule has 1 aromatic heterocycles. The average molecular weight is 456 g/mol. The standard InChI is InChI=1S/C29H33N3O2/c33-29(28-8-4-2-6-23(28)20-31-11-13-34-14-12-31)32-25-9-10-26(32)17-21(16-25)15-24-19-30-18-22-5-1-3-7-27(22)24/h1-8,18-19,21,25-26H,9-17,20H2. The maximum Gasteiger partial charge on any atom is 0.254 e. The molecule has 3 aliphatic rings. The molecule has 0 saturated carbocycles. The molecular weight excluding hydrogens is 422 g/mol. The van der Waals surface area contributed by atoms with E-state index >= 15 is 0 Å². The molecule has 34 heavy (non-hydrogen) atoms. The lowest BCUT2D eigenvalue weighted by molar-refractivity contribution is 0.0337. The van der Waals surface area contributed by atoms with E-state index in [0.29, 0.717) is 18.0 Å². The molecule has 0 N–H and O–H groups in total. The maximum atomic E-state index is 13.8. The third kappa shape index (κ3) is 4.23. The van der Waals surface area contributed by atoms with Crippen LogP contribution in [0.5, 0.6) is 0 Å². The zero-order valence-corrected chi connectivity index (χ0v) is 19.7. The molecule has 4 heterocycles. The summed E-state index contributed by atoms with van der Waals surface area (Å²) in [6.07, 6.45) is 9.51. The SMILES string of the molecule is O=C(c1ccccc1CN1CCOCC1)N1C2CCC1CC(Cc1cncc3ccccc13)C2. The number of carbonyl (C=O) groups is 1. The lowest BCUT2D eigenvalue weighted by Gasteiger charge is -2.39. The first-order valence-electron chi connectivity index (χ1n) is 12.8.